The normalized spacial score (nSPS) is 11.5. The van der Waals surface area contributed by atoms with Gasteiger partial charge in [0.05, 0.1) is 0 Å². The number of aromatic nitrogens is 4. The summed E-state index contributed by atoms with van der Waals surface area (Å²) in [4.78, 5) is 16.4. The van der Waals surface area contributed by atoms with Gasteiger partial charge in [-0.2, -0.15) is 13.2 Å². The van der Waals surface area contributed by atoms with Crippen LogP contribution in [0.5, 0.6) is 0 Å². The van der Waals surface area contributed by atoms with Crippen molar-refractivity contribution in [3.63, 3.8) is 0 Å². The van der Waals surface area contributed by atoms with Gasteiger partial charge in [-0.25, -0.2) is 15.0 Å². The number of anilines is 4. The maximum atomic E-state index is 12.9. The van der Waals surface area contributed by atoms with Gasteiger partial charge in [0.25, 0.3) is 0 Å². The fourth-order valence-electron chi connectivity index (χ4n) is 2.41. The van der Waals surface area contributed by atoms with Crippen molar-refractivity contribution in [3.8, 4) is 11.5 Å². The Kier molecular flexibility index (Phi) is 5.81. The zero-order valence-electron chi connectivity index (χ0n) is 15.8. The van der Waals surface area contributed by atoms with Gasteiger partial charge in [0.15, 0.2) is 5.82 Å². The first-order chi connectivity index (χ1) is 13.7. The SMILES string of the molecule is CC(C)CNc1cc(Nc2ccnc(C(F)(F)F)c2)nc(-c2cccc(N)n2)n1. The van der Waals surface area contributed by atoms with Gasteiger partial charge in [0, 0.05) is 24.5 Å². The number of alkyl halides is 3. The first-order valence-corrected chi connectivity index (χ1v) is 8.87. The van der Waals surface area contributed by atoms with Crippen LogP contribution in [0.4, 0.5) is 36.3 Å². The lowest BCUT2D eigenvalue weighted by Crippen LogP contribution is -2.11. The van der Waals surface area contributed by atoms with Gasteiger partial charge in [-0.3, -0.25) is 4.98 Å². The van der Waals surface area contributed by atoms with E-state index in [1.807, 2.05) is 13.8 Å². The van der Waals surface area contributed by atoms with Crippen molar-refractivity contribution < 1.29 is 13.2 Å². The minimum absolute atomic E-state index is 0.201. The summed E-state index contributed by atoms with van der Waals surface area (Å²) in [5.41, 5.74) is 5.40. The van der Waals surface area contributed by atoms with E-state index in [0.29, 0.717) is 41.4 Å². The average Bonchev–Trinajstić information content (AvgIpc) is 2.66. The second-order valence-electron chi connectivity index (χ2n) is 6.74. The number of pyridine rings is 2. The summed E-state index contributed by atoms with van der Waals surface area (Å²) in [6.45, 7) is 4.75. The molecule has 7 nitrogen and oxygen atoms in total. The van der Waals surface area contributed by atoms with Crippen molar-refractivity contribution >= 4 is 23.1 Å². The molecule has 0 fully saturated rings. The summed E-state index contributed by atoms with van der Waals surface area (Å²) in [6.07, 6.45) is -3.45. The van der Waals surface area contributed by atoms with Crippen LogP contribution in [0.3, 0.4) is 0 Å². The second-order valence-corrected chi connectivity index (χ2v) is 6.74. The minimum atomic E-state index is -4.54. The highest BCUT2D eigenvalue weighted by atomic mass is 19.4. The van der Waals surface area contributed by atoms with Gasteiger partial charge in [0.2, 0.25) is 0 Å². The summed E-state index contributed by atoms with van der Waals surface area (Å²) in [7, 11) is 0. The molecule has 0 bridgehead atoms. The third kappa shape index (κ3) is 5.53. The molecule has 0 aliphatic heterocycles. The van der Waals surface area contributed by atoms with Crippen LogP contribution in [0, 0.1) is 5.92 Å². The number of hydrogen-bond acceptors (Lipinski definition) is 7. The van der Waals surface area contributed by atoms with Crippen LogP contribution in [-0.2, 0) is 6.18 Å². The number of nitrogens with zero attached hydrogens (tertiary/aromatic N) is 4. The third-order valence-electron chi connectivity index (χ3n) is 3.74. The Bertz CT molecular complexity index is 990. The van der Waals surface area contributed by atoms with E-state index in [0.717, 1.165) is 12.3 Å². The van der Waals surface area contributed by atoms with Crippen LogP contribution in [0.1, 0.15) is 19.5 Å². The van der Waals surface area contributed by atoms with Gasteiger partial charge in [0.1, 0.15) is 28.8 Å². The Morgan fingerprint density at radius 3 is 2.48 bits per heavy atom. The molecule has 3 aromatic rings. The van der Waals surface area contributed by atoms with E-state index in [-0.39, 0.29) is 5.69 Å². The molecule has 0 saturated carbocycles. The lowest BCUT2D eigenvalue weighted by Gasteiger charge is -2.13. The monoisotopic (exact) mass is 403 g/mol. The average molecular weight is 403 g/mol. The Labute approximate surface area is 165 Å². The number of hydrogen-bond donors (Lipinski definition) is 3. The minimum Gasteiger partial charge on any atom is -0.384 e. The maximum absolute atomic E-state index is 12.9. The summed E-state index contributed by atoms with van der Waals surface area (Å²) < 4.78 is 38.8. The maximum Gasteiger partial charge on any atom is 0.433 e. The Morgan fingerprint density at radius 1 is 1.03 bits per heavy atom. The number of nitrogens with two attached hydrogens (primary N) is 1. The molecule has 0 aliphatic carbocycles. The van der Waals surface area contributed by atoms with E-state index in [2.05, 4.69) is 30.6 Å². The molecule has 3 heterocycles. The molecule has 4 N–H and O–H groups in total. The van der Waals surface area contributed by atoms with Gasteiger partial charge in [-0.1, -0.05) is 19.9 Å². The number of rotatable bonds is 6. The summed E-state index contributed by atoms with van der Waals surface area (Å²) >= 11 is 0. The third-order valence-corrected chi connectivity index (χ3v) is 3.74. The zero-order valence-corrected chi connectivity index (χ0v) is 15.8. The molecule has 0 unspecified atom stereocenters. The second kappa shape index (κ2) is 8.29. The van der Waals surface area contributed by atoms with Crippen LogP contribution in [-0.4, -0.2) is 26.5 Å². The van der Waals surface area contributed by atoms with Gasteiger partial charge in [-0.05, 0) is 30.2 Å². The van der Waals surface area contributed by atoms with E-state index in [1.54, 1.807) is 24.3 Å². The van der Waals surface area contributed by atoms with E-state index < -0.39 is 11.9 Å². The van der Waals surface area contributed by atoms with Crippen molar-refractivity contribution in [2.24, 2.45) is 5.92 Å². The van der Waals surface area contributed by atoms with Gasteiger partial charge < -0.3 is 16.4 Å². The number of halogens is 3. The molecule has 0 aromatic carbocycles. The quantitative estimate of drug-likeness (QED) is 0.562. The van der Waals surface area contributed by atoms with Crippen LogP contribution in [0.15, 0.2) is 42.6 Å². The molecule has 10 heteroatoms. The summed E-state index contributed by atoms with van der Waals surface area (Å²) in [6, 6.07) is 9.03. The molecule has 3 rings (SSSR count). The lowest BCUT2D eigenvalue weighted by atomic mass is 10.2. The van der Waals surface area contributed by atoms with Crippen LogP contribution in [0.25, 0.3) is 11.5 Å². The Morgan fingerprint density at radius 2 is 1.79 bits per heavy atom. The van der Waals surface area contributed by atoms with Crippen LogP contribution >= 0.6 is 0 Å². The number of nitrogen functional groups attached to an aromatic ring is 1. The molecule has 0 amide bonds. The van der Waals surface area contributed by atoms with E-state index in [1.165, 1.54) is 6.07 Å². The standard InChI is InChI=1S/C19H20F3N7/c1-11(2)10-25-16-9-17(26-12-6-7-24-14(8-12)19(20,21)22)29-18(28-16)13-4-3-5-15(23)27-13/h3-9,11H,10H2,1-2H3,(H2,23,27)(H2,24,25,26,28,29). The van der Waals surface area contributed by atoms with Gasteiger partial charge in [-0.15, -0.1) is 0 Å². The van der Waals surface area contributed by atoms with E-state index in [9.17, 15) is 13.2 Å². The molecule has 3 aromatic heterocycles. The van der Waals surface area contributed by atoms with Gasteiger partial charge >= 0.3 is 6.18 Å². The predicted molar refractivity (Wildman–Crippen MR) is 106 cm³/mol. The molecule has 152 valence electrons. The van der Waals surface area contributed by atoms with E-state index in [4.69, 9.17) is 5.73 Å². The first-order valence-electron chi connectivity index (χ1n) is 8.87. The molecule has 0 saturated heterocycles. The predicted octanol–water partition coefficient (Wildman–Crippen LogP) is 4.35. The molecule has 0 aliphatic rings. The van der Waals surface area contributed by atoms with Crippen molar-refractivity contribution in [1.82, 2.24) is 19.9 Å². The lowest BCUT2D eigenvalue weighted by molar-refractivity contribution is -0.141. The fraction of sp³-hybridized carbons (Fsp3) is 0.263. The van der Waals surface area contributed by atoms with Crippen molar-refractivity contribution in [2.75, 3.05) is 22.9 Å². The van der Waals surface area contributed by atoms with Crippen molar-refractivity contribution in [2.45, 2.75) is 20.0 Å². The molecule has 29 heavy (non-hydrogen) atoms. The molecular formula is C19H20F3N7. The smallest absolute Gasteiger partial charge is 0.384 e. The number of nitrogens with one attached hydrogen (secondary N) is 2. The highest BCUT2D eigenvalue weighted by molar-refractivity contribution is 5.64. The largest absolute Gasteiger partial charge is 0.433 e. The highest BCUT2D eigenvalue weighted by Crippen LogP contribution is 2.30. The Balaban J connectivity index is 1.97. The van der Waals surface area contributed by atoms with Crippen LogP contribution in [0.2, 0.25) is 0 Å². The van der Waals surface area contributed by atoms with E-state index >= 15 is 0 Å². The Hall–Kier alpha value is -3.43. The van der Waals surface area contributed by atoms with Crippen molar-refractivity contribution in [3.05, 3.63) is 48.3 Å². The molecular weight excluding hydrogens is 383 g/mol. The molecule has 0 radical (unpaired) electrons. The topological polar surface area (TPSA) is 102 Å². The highest BCUT2D eigenvalue weighted by Gasteiger charge is 2.32. The molecule has 0 atom stereocenters. The van der Waals surface area contributed by atoms with Crippen molar-refractivity contribution in [1.29, 1.82) is 0 Å². The summed E-state index contributed by atoms with van der Waals surface area (Å²) in [5.74, 6) is 1.79. The first kappa shape index (κ1) is 20.3. The van der Waals surface area contributed by atoms with Crippen LogP contribution < -0.4 is 16.4 Å². The fourth-order valence-corrected chi connectivity index (χ4v) is 2.41. The summed E-state index contributed by atoms with van der Waals surface area (Å²) in [5, 5.41) is 6.07. The molecule has 0 spiro atoms. The zero-order chi connectivity index (χ0) is 21.0.